The molecular formula is C10H20N2O2S. The lowest BCUT2D eigenvalue weighted by molar-refractivity contribution is 0.544. The van der Waals surface area contributed by atoms with Crippen molar-refractivity contribution >= 4 is 10.2 Å². The van der Waals surface area contributed by atoms with E-state index in [-0.39, 0.29) is 0 Å². The van der Waals surface area contributed by atoms with Crippen molar-refractivity contribution in [3.05, 3.63) is 0 Å². The molecule has 0 aliphatic heterocycles. The number of hydrogen-bond donors (Lipinski definition) is 2. The summed E-state index contributed by atoms with van der Waals surface area (Å²) in [5.74, 6) is 2.82. The monoisotopic (exact) mass is 232 g/mol. The number of unbranched alkanes of at least 4 members (excludes halogenated alkanes) is 2. The third kappa shape index (κ3) is 9.73. The molecule has 0 aromatic carbocycles. The molecule has 0 aromatic rings. The number of nitrogens with one attached hydrogen (secondary N) is 2. The third-order valence-corrected chi connectivity index (χ3v) is 2.85. The molecule has 2 N–H and O–H groups in total. The van der Waals surface area contributed by atoms with Crippen LogP contribution in [0, 0.1) is 18.3 Å². The van der Waals surface area contributed by atoms with Crippen molar-refractivity contribution in [3.8, 4) is 12.3 Å². The Bertz CT molecular complexity index is 291. The van der Waals surface area contributed by atoms with E-state index in [1.807, 2.05) is 13.8 Å². The van der Waals surface area contributed by atoms with Crippen molar-refractivity contribution in [2.45, 2.75) is 33.1 Å². The molecule has 15 heavy (non-hydrogen) atoms. The topological polar surface area (TPSA) is 58.2 Å². The van der Waals surface area contributed by atoms with Gasteiger partial charge in [0.15, 0.2) is 0 Å². The van der Waals surface area contributed by atoms with Crippen LogP contribution < -0.4 is 9.44 Å². The van der Waals surface area contributed by atoms with Crippen molar-refractivity contribution in [2.75, 3.05) is 13.1 Å². The summed E-state index contributed by atoms with van der Waals surface area (Å²) in [4.78, 5) is 0. The SMILES string of the molecule is C#CCCCCNS(=O)(=O)NCC(C)C. The zero-order chi connectivity index (χ0) is 11.7. The zero-order valence-electron chi connectivity index (χ0n) is 9.41. The lowest BCUT2D eigenvalue weighted by Gasteiger charge is -2.09. The maximum absolute atomic E-state index is 11.3. The minimum absolute atomic E-state index is 0.308. The van der Waals surface area contributed by atoms with Crippen LogP contribution in [0.4, 0.5) is 0 Å². The van der Waals surface area contributed by atoms with E-state index in [1.54, 1.807) is 0 Å². The Morgan fingerprint density at radius 1 is 1.27 bits per heavy atom. The first-order valence-electron chi connectivity index (χ1n) is 5.15. The van der Waals surface area contributed by atoms with Crippen LogP contribution in [0.3, 0.4) is 0 Å². The molecule has 0 aliphatic carbocycles. The second-order valence-electron chi connectivity index (χ2n) is 3.80. The van der Waals surface area contributed by atoms with Gasteiger partial charge in [-0.1, -0.05) is 13.8 Å². The van der Waals surface area contributed by atoms with E-state index in [2.05, 4.69) is 15.4 Å². The highest BCUT2D eigenvalue weighted by Crippen LogP contribution is 1.93. The van der Waals surface area contributed by atoms with Gasteiger partial charge in [0.25, 0.3) is 10.2 Å². The molecule has 0 fully saturated rings. The fraction of sp³-hybridized carbons (Fsp3) is 0.800. The van der Waals surface area contributed by atoms with Gasteiger partial charge in [-0.25, -0.2) is 9.44 Å². The normalized spacial score (nSPS) is 11.6. The van der Waals surface area contributed by atoms with E-state index in [0.717, 1.165) is 12.8 Å². The Morgan fingerprint density at radius 3 is 2.47 bits per heavy atom. The maximum Gasteiger partial charge on any atom is 0.276 e. The van der Waals surface area contributed by atoms with Crippen molar-refractivity contribution in [3.63, 3.8) is 0 Å². The Labute approximate surface area is 93.0 Å². The van der Waals surface area contributed by atoms with Gasteiger partial charge in [-0.2, -0.15) is 8.42 Å². The van der Waals surface area contributed by atoms with Gasteiger partial charge in [-0.15, -0.1) is 12.3 Å². The predicted octanol–water partition coefficient (Wildman–Crippen LogP) is 0.870. The van der Waals surface area contributed by atoms with Crippen molar-refractivity contribution in [1.29, 1.82) is 0 Å². The quantitative estimate of drug-likeness (QED) is 0.482. The third-order valence-electron chi connectivity index (χ3n) is 1.72. The van der Waals surface area contributed by atoms with E-state index in [0.29, 0.717) is 25.4 Å². The smallest absolute Gasteiger partial charge is 0.202 e. The van der Waals surface area contributed by atoms with Crippen LogP contribution in [0.25, 0.3) is 0 Å². The molecule has 0 spiro atoms. The first-order valence-corrected chi connectivity index (χ1v) is 6.64. The van der Waals surface area contributed by atoms with Gasteiger partial charge >= 0.3 is 0 Å². The summed E-state index contributed by atoms with van der Waals surface area (Å²) in [5.41, 5.74) is 0. The molecule has 0 bridgehead atoms. The molecule has 0 atom stereocenters. The summed E-state index contributed by atoms with van der Waals surface area (Å²) >= 11 is 0. The van der Waals surface area contributed by atoms with Gasteiger partial charge in [0.2, 0.25) is 0 Å². The van der Waals surface area contributed by atoms with Crippen LogP contribution in [0.5, 0.6) is 0 Å². The van der Waals surface area contributed by atoms with Crippen LogP contribution in [-0.4, -0.2) is 21.5 Å². The van der Waals surface area contributed by atoms with Crippen molar-refractivity contribution in [1.82, 2.24) is 9.44 Å². The average molecular weight is 232 g/mol. The molecule has 5 heteroatoms. The minimum atomic E-state index is -3.32. The minimum Gasteiger partial charge on any atom is -0.202 e. The fourth-order valence-electron chi connectivity index (χ4n) is 0.886. The molecule has 0 aromatic heterocycles. The molecule has 0 unspecified atom stereocenters. The molecular weight excluding hydrogens is 212 g/mol. The van der Waals surface area contributed by atoms with Crippen LogP contribution in [-0.2, 0) is 10.2 Å². The maximum atomic E-state index is 11.3. The lowest BCUT2D eigenvalue weighted by Crippen LogP contribution is -2.38. The van der Waals surface area contributed by atoms with E-state index in [1.165, 1.54) is 0 Å². The zero-order valence-corrected chi connectivity index (χ0v) is 10.2. The summed E-state index contributed by atoms with van der Waals surface area (Å²) in [6.07, 6.45) is 7.39. The van der Waals surface area contributed by atoms with Crippen molar-refractivity contribution < 1.29 is 8.42 Å². The van der Waals surface area contributed by atoms with Crippen LogP contribution >= 0.6 is 0 Å². The highest BCUT2D eigenvalue weighted by molar-refractivity contribution is 7.87. The average Bonchev–Trinajstić information content (AvgIpc) is 2.15. The Morgan fingerprint density at radius 2 is 1.93 bits per heavy atom. The van der Waals surface area contributed by atoms with Crippen LogP contribution in [0.2, 0.25) is 0 Å². The highest BCUT2D eigenvalue weighted by Gasteiger charge is 2.08. The fourth-order valence-corrected chi connectivity index (χ4v) is 1.95. The summed E-state index contributed by atoms with van der Waals surface area (Å²) in [5, 5.41) is 0. The van der Waals surface area contributed by atoms with Gasteiger partial charge in [0, 0.05) is 19.5 Å². The van der Waals surface area contributed by atoms with E-state index < -0.39 is 10.2 Å². The van der Waals surface area contributed by atoms with Gasteiger partial charge in [-0.3, -0.25) is 0 Å². The van der Waals surface area contributed by atoms with E-state index in [4.69, 9.17) is 6.42 Å². The van der Waals surface area contributed by atoms with E-state index >= 15 is 0 Å². The molecule has 0 saturated heterocycles. The van der Waals surface area contributed by atoms with Gasteiger partial charge in [-0.05, 0) is 18.8 Å². The second-order valence-corrected chi connectivity index (χ2v) is 5.39. The molecule has 0 saturated carbocycles. The summed E-state index contributed by atoms with van der Waals surface area (Å²) in [6, 6.07) is 0. The van der Waals surface area contributed by atoms with Crippen LogP contribution in [0.15, 0.2) is 0 Å². The van der Waals surface area contributed by atoms with Gasteiger partial charge in [0.05, 0.1) is 0 Å². The van der Waals surface area contributed by atoms with Crippen molar-refractivity contribution in [2.24, 2.45) is 5.92 Å². The molecule has 88 valence electrons. The summed E-state index contributed by atoms with van der Waals surface area (Å²) < 4.78 is 27.5. The first-order chi connectivity index (χ1) is 6.98. The summed E-state index contributed by atoms with van der Waals surface area (Å²) in [7, 11) is -3.32. The summed E-state index contributed by atoms with van der Waals surface area (Å²) in [6.45, 7) is 4.81. The standard InChI is InChI=1S/C10H20N2O2S/c1-4-5-6-7-8-11-15(13,14)12-9-10(2)3/h1,10-12H,5-9H2,2-3H3. The molecule has 0 heterocycles. The highest BCUT2D eigenvalue weighted by atomic mass is 32.2. The largest absolute Gasteiger partial charge is 0.276 e. The van der Waals surface area contributed by atoms with E-state index in [9.17, 15) is 8.42 Å². The molecule has 0 radical (unpaired) electrons. The number of terminal acetylenes is 1. The number of rotatable bonds is 8. The number of hydrogen-bond acceptors (Lipinski definition) is 2. The Hall–Kier alpha value is -0.570. The first kappa shape index (κ1) is 14.4. The molecule has 0 aliphatic rings. The lowest BCUT2D eigenvalue weighted by atomic mass is 10.2. The Balaban J connectivity index is 3.62. The van der Waals surface area contributed by atoms with Gasteiger partial charge in [0.1, 0.15) is 0 Å². The molecule has 0 rings (SSSR count). The predicted molar refractivity (Wildman–Crippen MR) is 62.4 cm³/mol. The second kappa shape index (κ2) is 7.69. The Kier molecular flexibility index (Phi) is 7.39. The molecule has 0 amide bonds. The van der Waals surface area contributed by atoms with Gasteiger partial charge < -0.3 is 0 Å². The molecule has 4 nitrogen and oxygen atoms in total. The van der Waals surface area contributed by atoms with Crippen LogP contribution in [0.1, 0.15) is 33.1 Å².